The second-order valence-corrected chi connectivity index (χ2v) is 4.84. The number of ether oxygens (including phenoxy) is 2. The molecule has 1 saturated heterocycles. The minimum Gasteiger partial charge on any atom is -0.383 e. The summed E-state index contributed by atoms with van der Waals surface area (Å²) >= 11 is 0. The predicted octanol–water partition coefficient (Wildman–Crippen LogP) is 0.637. The van der Waals surface area contributed by atoms with E-state index in [-0.39, 0.29) is 24.1 Å². The van der Waals surface area contributed by atoms with Crippen LogP contribution in [0.3, 0.4) is 0 Å². The molecule has 1 amide bonds. The molecule has 1 heterocycles. The van der Waals surface area contributed by atoms with Gasteiger partial charge in [-0.3, -0.25) is 4.79 Å². The van der Waals surface area contributed by atoms with Gasteiger partial charge in [0.1, 0.15) is 0 Å². The summed E-state index contributed by atoms with van der Waals surface area (Å²) in [5.41, 5.74) is 0. The van der Waals surface area contributed by atoms with Crippen LogP contribution in [0.25, 0.3) is 0 Å². The van der Waals surface area contributed by atoms with Crippen LogP contribution in [-0.4, -0.2) is 62.9 Å². The van der Waals surface area contributed by atoms with Crippen molar-refractivity contribution < 1.29 is 14.3 Å². The van der Waals surface area contributed by atoms with Crippen molar-refractivity contribution >= 4 is 5.91 Å². The van der Waals surface area contributed by atoms with E-state index in [1.165, 1.54) is 0 Å². The molecule has 0 aromatic heterocycles. The fourth-order valence-electron chi connectivity index (χ4n) is 2.23. The Labute approximate surface area is 110 Å². The number of amides is 1. The number of carbonyl (C=O) groups is 1. The molecule has 106 valence electrons. The number of rotatable bonds is 7. The van der Waals surface area contributed by atoms with Crippen LogP contribution in [0, 0.1) is 0 Å². The highest BCUT2D eigenvalue weighted by atomic mass is 16.5. The van der Waals surface area contributed by atoms with E-state index in [1.807, 2.05) is 4.90 Å². The molecule has 0 aliphatic carbocycles. The van der Waals surface area contributed by atoms with Gasteiger partial charge < -0.3 is 19.7 Å². The molecule has 0 bridgehead atoms. The van der Waals surface area contributed by atoms with Crippen LogP contribution in [0.2, 0.25) is 0 Å². The van der Waals surface area contributed by atoms with Gasteiger partial charge in [0.15, 0.2) is 0 Å². The van der Waals surface area contributed by atoms with Crippen molar-refractivity contribution in [3.05, 3.63) is 0 Å². The van der Waals surface area contributed by atoms with Gasteiger partial charge in [-0.15, -0.1) is 0 Å². The topological polar surface area (TPSA) is 50.8 Å². The Balaban J connectivity index is 2.58. The monoisotopic (exact) mass is 258 g/mol. The molecule has 0 radical (unpaired) electrons. The van der Waals surface area contributed by atoms with Crippen LogP contribution in [0.4, 0.5) is 0 Å². The fourth-order valence-corrected chi connectivity index (χ4v) is 2.23. The van der Waals surface area contributed by atoms with E-state index >= 15 is 0 Å². The van der Waals surface area contributed by atoms with Crippen LogP contribution >= 0.6 is 0 Å². The van der Waals surface area contributed by atoms with Crippen molar-refractivity contribution in [3.63, 3.8) is 0 Å². The lowest BCUT2D eigenvalue weighted by Gasteiger charge is -2.30. The molecule has 1 rings (SSSR count). The van der Waals surface area contributed by atoms with E-state index in [1.54, 1.807) is 14.2 Å². The molecule has 1 aliphatic rings. The highest BCUT2D eigenvalue weighted by Crippen LogP contribution is 2.14. The van der Waals surface area contributed by atoms with Gasteiger partial charge in [0.25, 0.3) is 0 Å². The molecular formula is C13H26N2O3. The third-order valence-corrected chi connectivity index (χ3v) is 3.66. The first kappa shape index (κ1) is 15.4. The summed E-state index contributed by atoms with van der Waals surface area (Å²) in [5.74, 6) is 0.168. The molecule has 5 heteroatoms. The summed E-state index contributed by atoms with van der Waals surface area (Å²) in [6.45, 7) is 6.16. The summed E-state index contributed by atoms with van der Waals surface area (Å²) in [6, 6.07) is 0.136. The van der Waals surface area contributed by atoms with E-state index in [0.717, 1.165) is 19.4 Å². The molecule has 0 spiro atoms. The Morgan fingerprint density at radius 1 is 1.50 bits per heavy atom. The van der Waals surface area contributed by atoms with E-state index in [9.17, 15) is 4.79 Å². The van der Waals surface area contributed by atoms with Gasteiger partial charge in [-0.25, -0.2) is 0 Å². The number of nitrogens with zero attached hydrogens (tertiary/aromatic N) is 1. The molecule has 5 nitrogen and oxygen atoms in total. The molecular weight excluding hydrogens is 232 g/mol. The van der Waals surface area contributed by atoms with Gasteiger partial charge in [0, 0.05) is 33.4 Å². The Morgan fingerprint density at radius 3 is 2.72 bits per heavy atom. The molecule has 0 aromatic rings. The number of carbonyl (C=O) groups excluding carboxylic acids is 1. The zero-order valence-corrected chi connectivity index (χ0v) is 11.9. The largest absolute Gasteiger partial charge is 0.383 e. The second-order valence-electron chi connectivity index (χ2n) is 4.84. The molecule has 0 saturated carbocycles. The summed E-state index contributed by atoms with van der Waals surface area (Å²) < 4.78 is 10.4. The van der Waals surface area contributed by atoms with Crippen LogP contribution in [0.5, 0.6) is 0 Å². The van der Waals surface area contributed by atoms with Crippen molar-refractivity contribution in [2.45, 2.75) is 44.9 Å². The quantitative estimate of drug-likeness (QED) is 0.728. The van der Waals surface area contributed by atoms with Gasteiger partial charge in [-0.1, -0.05) is 6.92 Å². The van der Waals surface area contributed by atoms with Gasteiger partial charge >= 0.3 is 0 Å². The summed E-state index contributed by atoms with van der Waals surface area (Å²) in [7, 11) is 3.35. The molecule has 3 atom stereocenters. The van der Waals surface area contributed by atoms with Gasteiger partial charge in [-0.05, 0) is 19.8 Å². The highest BCUT2D eigenvalue weighted by molar-refractivity contribution is 5.82. The number of methoxy groups -OCH3 is 2. The predicted molar refractivity (Wildman–Crippen MR) is 70.5 cm³/mol. The van der Waals surface area contributed by atoms with Crippen LogP contribution in [0.1, 0.15) is 26.7 Å². The standard InChI is InChI=1S/C13H26N2O3/c1-5-10(2)15(6-7-17-3)13(16)12-8-11(18-4)9-14-12/h10-12,14H,5-9H2,1-4H3. The first-order chi connectivity index (χ1) is 8.63. The molecule has 0 aromatic carbocycles. The molecule has 3 unspecified atom stereocenters. The van der Waals surface area contributed by atoms with Crippen molar-refractivity contribution in [2.75, 3.05) is 33.9 Å². The third-order valence-electron chi connectivity index (χ3n) is 3.66. The molecule has 1 aliphatic heterocycles. The first-order valence-electron chi connectivity index (χ1n) is 6.69. The van der Waals surface area contributed by atoms with Crippen molar-refractivity contribution in [1.29, 1.82) is 0 Å². The Bertz CT molecular complexity index is 261. The summed E-state index contributed by atoms with van der Waals surface area (Å²) in [5, 5.41) is 3.24. The maximum atomic E-state index is 12.5. The van der Waals surface area contributed by atoms with Crippen molar-refractivity contribution in [1.82, 2.24) is 10.2 Å². The van der Waals surface area contributed by atoms with Crippen LogP contribution < -0.4 is 5.32 Å². The zero-order chi connectivity index (χ0) is 13.5. The number of hydrogen-bond acceptors (Lipinski definition) is 4. The maximum absolute atomic E-state index is 12.5. The fraction of sp³-hybridized carbons (Fsp3) is 0.923. The lowest BCUT2D eigenvalue weighted by atomic mass is 10.1. The molecule has 1 N–H and O–H groups in total. The Kier molecular flexibility index (Phi) is 6.60. The van der Waals surface area contributed by atoms with Gasteiger partial charge in [0.2, 0.25) is 5.91 Å². The lowest BCUT2D eigenvalue weighted by Crippen LogP contribution is -2.48. The average Bonchev–Trinajstić information content (AvgIpc) is 2.87. The third kappa shape index (κ3) is 3.93. The van der Waals surface area contributed by atoms with E-state index in [2.05, 4.69) is 19.2 Å². The SMILES string of the molecule is CCC(C)N(CCOC)C(=O)C1CC(OC)CN1. The number of hydrogen-bond donors (Lipinski definition) is 1. The summed E-state index contributed by atoms with van der Waals surface area (Å²) in [6.07, 6.45) is 1.87. The highest BCUT2D eigenvalue weighted by Gasteiger charge is 2.33. The molecule has 18 heavy (non-hydrogen) atoms. The van der Waals surface area contributed by atoms with Crippen molar-refractivity contribution in [2.24, 2.45) is 0 Å². The van der Waals surface area contributed by atoms with E-state index in [0.29, 0.717) is 13.2 Å². The lowest BCUT2D eigenvalue weighted by molar-refractivity contribution is -0.136. The number of nitrogens with one attached hydrogen (secondary N) is 1. The first-order valence-corrected chi connectivity index (χ1v) is 6.69. The normalized spacial score (nSPS) is 25.1. The maximum Gasteiger partial charge on any atom is 0.240 e. The minimum atomic E-state index is -0.110. The van der Waals surface area contributed by atoms with Crippen molar-refractivity contribution in [3.8, 4) is 0 Å². The smallest absolute Gasteiger partial charge is 0.240 e. The summed E-state index contributed by atoms with van der Waals surface area (Å²) in [4.78, 5) is 14.4. The second kappa shape index (κ2) is 7.71. The zero-order valence-electron chi connectivity index (χ0n) is 11.9. The Morgan fingerprint density at radius 2 is 2.22 bits per heavy atom. The van der Waals surface area contributed by atoms with Crippen LogP contribution in [0.15, 0.2) is 0 Å². The van der Waals surface area contributed by atoms with Gasteiger partial charge in [-0.2, -0.15) is 0 Å². The Hall–Kier alpha value is -0.650. The average molecular weight is 258 g/mol. The van der Waals surface area contributed by atoms with Crippen LogP contribution in [-0.2, 0) is 14.3 Å². The minimum absolute atomic E-state index is 0.110. The van der Waals surface area contributed by atoms with Gasteiger partial charge in [0.05, 0.1) is 18.8 Å². The molecule has 1 fully saturated rings. The van der Waals surface area contributed by atoms with E-state index in [4.69, 9.17) is 9.47 Å². The van der Waals surface area contributed by atoms with E-state index < -0.39 is 0 Å².